The van der Waals surface area contributed by atoms with Crippen molar-refractivity contribution in [1.82, 2.24) is 5.32 Å². The monoisotopic (exact) mass is 464 g/mol. The molecule has 10 nitrogen and oxygen atoms in total. The molecule has 3 aromatic carbocycles. The maximum Gasteiger partial charge on any atom is 0.407 e. The quantitative estimate of drug-likeness (QED) is 0.235. The molecule has 1 atom stereocenters. The Kier molecular flexibility index (Phi) is 6.05. The fourth-order valence-electron chi connectivity index (χ4n) is 4.14. The molecule has 0 aliphatic heterocycles. The van der Waals surface area contributed by atoms with Gasteiger partial charge >= 0.3 is 12.1 Å². The van der Waals surface area contributed by atoms with E-state index in [1.807, 2.05) is 48.5 Å². The lowest BCUT2D eigenvalue weighted by Gasteiger charge is -2.17. The summed E-state index contributed by atoms with van der Waals surface area (Å²) in [6, 6.07) is 15.5. The summed E-state index contributed by atoms with van der Waals surface area (Å²) in [5.74, 6) is -3.04. The molecule has 0 bridgehead atoms. The Morgan fingerprint density at radius 3 is 2.12 bits per heavy atom. The van der Waals surface area contributed by atoms with Gasteiger partial charge in [-0.1, -0.05) is 48.5 Å². The number of aromatic hydroxyl groups is 2. The van der Waals surface area contributed by atoms with Crippen molar-refractivity contribution in [2.24, 2.45) is 0 Å². The van der Waals surface area contributed by atoms with E-state index in [4.69, 9.17) is 4.74 Å². The summed E-state index contributed by atoms with van der Waals surface area (Å²) in [6.45, 7) is -0.0354. The number of hydrogen-bond donors (Lipinski definition) is 4. The zero-order chi connectivity index (χ0) is 24.4. The van der Waals surface area contributed by atoms with Gasteiger partial charge in [-0.05, 0) is 28.3 Å². The second-order valence-corrected chi connectivity index (χ2v) is 7.79. The van der Waals surface area contributed by atoms with Crippen molar-refractivity contribution in [2.45, 2.75) is 18.4 Å². The minimum atomic E-state index is -1.57. The summed E-state index contributed by atoms with van der Waals surface area (Å²) in [5.41, 5.74) is 3.29. The van der Waals surface area contributed by atoms with Crippen LogP contribution in [0, 0.1) is 10.1 Å². The fourth-order valence-corrected chi connectivity index (χ4v) is 4.14. The van der Waals surface area contributed by atoms with Crippen molar-refractivity contribution in [1.29, 1.82) is 0 Å². The molecule has 0 heterocycles. The number of nitro groups is 1. The number of phenols is 2. The summed E-state index contributed by atoms with van der Waals surface area (Å²) < 4.78 is 5.34. The van der Waals surface area contributed by atoms with Gasteiger partial charge in [0.25, 0.3) is 5.69 Å². The van der Waals surface area contributed by atoms with Crippen LogP contribution in [0.5, 0.6) is 11.5 Å². The maximum atomic E-state index is 12.4. The lowest BCUT2D eigenvalue weighted by atomic mass is 9.98. The van der Waals surface area contributed by atoms with Crippen molar-refractivity contribution in [2.75, 3.05) is 6.61 Å². The summed E-state index contributed by atoms with van der Waals surface area (Å²) >= 11 is 0. The molecular weight excluding hydrogens is 444 g/mol. The highest BCUT2D eigenvalue weighted by Crippen LogP contribution is 2.44. The normalized spacial score (nSPS) is 12.9. The Morgan fingerprint density at radius 2 is 1.56 bits per heavy atom. The van der Waals surface area contributed by atoms with Crippen molar-refractivity contribution < 1.29 is 34.6 Å². The molecule has 34 heavy (non-hydrogen) atoms. The third kappa shape index (κ3) is 4.33. The van der Waals surface area contributed by atoms with Crippen LogP contribution in [0.2, 0.25) is 0 Å². The second kappa shape index (κ2) is 9.10. The SMILES string of the molecule is O=C(NC(Cc1cc(O)c(O)cc1[N+](=O)[O-])C(=O)O)OCC1c2ccccc2-c2ccccc21. The van der Waals surface area contributed by atoms with Gasteiger partial charge in [-0.15, -0.1) is 0 Å². The summed E-state index contributed by atoms with van der Waals surface area (Å²) in [7, 11) is 0. The fraction of sp³-hybridized carbons (Fsp3) is 0.167. The van der Waals surface area contributed by atoms with Gasteiger partial charge in [0.05, 0.1) is 11.0 Å². The van der Waals surface area contributed by atoms with Crippen molar-refractivity contribution in [3.8, 4) is 22.6 Å². The third-order valence-electron chi connectivity index (χ3n) is 5.73. The molecule has 4 N–H and O–H groups in total. The second-order valence-electron chi connectivity index (χ2n) is 7.79. The number of carboxylic acids is 1. The van der Waals surface area contributed by atoms with E-state index >= 15 is 0 Å². The molecule has 10 heteroatoms. The van der Waals surface area contributed by atoms with Crippen LogP contribution >= 0.6 is 0 Å². The molecule has 1 unspecified atom stereocenters. The number of carbonyl (C=O) groups excluding carboxylic acids is 1. The highest BCUT2D eigenvalue weighted by atomic mass is 16.6. The molecule has 4 rings (SSSR count). The Balaban J connectivity index is 1.48. The number of hydrogen-bond acceptors (Lipinski definition) is 7. The van der Waals surface area contributed by atoms with E-state index < -0.39 is 46.6 Å². The van der Waals surface area contributed by atoms with Gasteiger partial charge in [-0.3, -0.25) is 10.1 Å². The number of nitrogens with zero attached hydrogens (tertiary/aromatic N) is 1. The topological polar surface area (TPSA) is 159 Å². The molecule has 0 radical (unpaired) electrons. The number of fused-ring (bicyclic) bond motifs is 3. The summed E-state index contributed by atoms with van der Waals surface area (Å²) in [6.07, 6.45) is -1.51. The first kappa shape index (κ1) is 22.6. The molecule has 0 fully saturated rings. The maximum absolute atomic E-state index is 12.4. The number of phenolic OH excluding ortho intramolecular Hbond substituents is 2. The minimum absolute atomic E-state index is 0.0354. The van der Waals surface area contributed by atoms with E-state index in [9.17, 15) is 35.0 Å². The van der Waals surface area contributed by atoms with Gasteiger partial charge in [-0.2, -0.15) is 0 Å². The van der Waals surface area contributed by atoms with Gasteiger partial charge in [0, 0.05) is 17.9 Å². The van der Waals surface area contributed by atoms with Crippen molar-refractivity contribution in [3.05, 3.63) is 87.5 Å². The Bertz CT molecular complexity index is 1240. The molecule has 1 amide bonds. The predicted molar refractivity (Wildman–Crippen MR) is 120 cm³/mol. The van der Waals surface area contributed by atoms with E-state index in [2.05, 4.69) is 5.32 Å². The third-order valence-corrected chi connectivity index (χ3v) is 5.73. The van der Waals surface area contributed by atoms with Crippen LogP contribution in [0.1, 0.15) is 22.6 Å². The number of carbonyl (C=O) groups is 2. The van der Waals surface area contributed by atoms with Crippen LogP contribution in [0.25, 0.3) is 11.1 Å². The smallest absolute Gasteiger partial charge is 0.407 e. The molecule has 174 valence electrons. The highest BCUT2D eigenvalue weighted by Gasteiger charge is 2.30. The van der Waals surface area contributed by atoms with Crippen molar-refractivity contribution >= 4 is 17.7 Å². The van der Waals surface area contributed by atoms with Gasteiger partial charge in [-0.25, -0.2) is 9.59 Å². The molecule has 3 aromatic rings. The zero-order valence-electron chi connectivity index (χ0n) is 17.7. The van der Waals surface area contributed by atoms with E-state index in [-0.39, 0.29) is 18.1 Å². The summed E-state index contributed by atoms with van der Waals surface area (Å²) in [4.78, 5) is 34.6. The molecule has 0 saturated carbocycles. The number of rotatable bonds is 7. The average Bonchev–Trinajstić information content (AvgIpc) is 3.13. The largest absolute Gasteiger partial charge is 0.504 e. The van der Waals surface area contributed by atoms with E-state index in [0.29, 0.717) is 0 Å². The standard InChI is InChI=1S/C24H20N2O8/c27-21-10-13(20(26(32)33)11-22(21)28)9-19(23(29)30)25-24(31)34-12-18-16-7-3-1-5-14(16)15-6-2-4-8-17(15)18/h1-8,10-11,18-19,27-28H,9,12H2,(H,25,31)(H,29,30). The van der Waals surface area contributed by atoms with Gasteiger partial charge in [0.15, 0.2) is 11.5 Å². The summed E-state index contributed by atoms with van der Waals surface area (Å²) in [5, 5.41) is 42.2. The number of nitrogens with one attached hydrogen (secondary N) is 1. The average molecular weight is 464 g/mol. The van der Waals surface area contributed by atoms with E-state index in [1.54, 1.807) is 0 Å². The number of alkyl carbamates (subject to hydrolysis) is 1. The minimum Gasteiger partial charge on any atom is -0.504 e. The molecular formula is C24H20N2O8. The highest BCUT2D eigenvalue weighted by molar-refractivity contribution is 5.81. The van der Waals surface area contributed by atoms with Crippen LogP contribution in [-0.4, -0.2) is 45.0 Å². The molecule has 0 aromatic heterocycles. The number of benzene rings is 3. The number of amides is 1. The number of carboxylic acid groups (broad SMARTS) is 1. The number of aliphatic carboxylic acids is 1. The lowest BCUT2D eigenvalue weighted by molar-refractivity contribution is -0.385. The zero-order valence-corrected chi connectivity index (χ0v) is 17.7. The van der Waals surface area contributed by atoms with Gasteiger partial charge < -0.3 is 25.4 Å². The first-order valence-corrected chi connectivity index (χ1v) is 10.3. The van der Waals surface area contributed by atoms with Crippen LogP contribution in [0.3, 0.4) is 0 Å². The predicted octanol–water partition coefficient (Wildman–Crippen LogP) is 3.54. The first-order valence-electron chi connectivity index (χ1n) is 10.3. The van der Waals surface area contributed by atoms with Crippen LogP contribution < -0.4 is 5.32 Å². The van der Waals surface area contributed by atoms with Crippen LogP contribution in [0.15, 0.2) is 60.7 Å². The van der Waals surface area contributed by atoms with E-state index in [1.165, 1.54) is 0 Å². The van der Waals surface area contributed by atoms with Gasteiger partial charge in [0.2, 0.25) is 0 Å². The molecule has 0 spiro atoms. The molecule has 0 saturated heterocycles. The van der Waals surface area contributed by atoms with Crippen molar-refractivity contribution in [3.63, 3.8) is 0 Å². The van der Waals surface area contributed by atoms with Crippen LogP contribution in [0.4, 0.5) is 10.5 Å². The Labute approximate surface area is 193 Å². The Morgan fingerprint density at radius 1 is 1.00 bits per heavy atom. The lowest BCUT2D eigenvalue weighted by Crippen LogP contribution is -2.43. The molecule has 1 aliphatic carbocycles. The number of nitro benzene ring substituents is 1. The molecule has 1 aliphatic rings. The first-order chi connectivity index (χ1) is 16.3. The number of ether oxygens (including phenoxy) is 1. The van der Waals surface area contributed by atoms with E-state index in [0.717, 1.165) is 34.4 Å². The Hall–Kier alpha value is -4.60. The van der Waals surface area contributed by atoms with Gasteiger partial charge in [0.1, 0.15) is 12.6 Å². The van der Waals surface area contributed by atoms with Crippen LogP contribution in [-0.2, 0) is 16.0 Å².